The van der Waals surface area contributed by atoms with E-state index in [0.717, 1.165) is 16.7 Å². The van der Waals surface area contributed by atoms with Gasteiger partial charge in [0, 0.05) is 6.04 Å². The maximum absolute atomic E-state index is 10.8. The van der Waals surface area contributed by atoms with Gasteiger partial charge >= 0.3 is 0 Å². The number of aromatic nitrogens is 2. The molecule has 0 aliphatic rings. The van der Waals surface area contributed by atoms with Crippen molar-refractivity contribution in [2.45, 2.75) is 39.8 Å². The van der Waals surface area contributed by atoms with E-state index in [4.69, 9.17) is 4.74 Å². The average Bonchev–Trinajstić information content (AvgIpc) is 2.85. The number of methoxy groups -OCH3 is 1. The van der Waals surface area contributed by atoms with Gasteiger partial charge in [-0.05, 0) is 44.4 Å². The molecule has 1 unspecified atom stereocenters. The van der Waals surface area contributed by atoms with Gasteiger partial charge in [-0.15, -0.1) is 0 Å². The Labute approximate surface area is 120 Å². The number of hydrogen-bond acceptors (Lipinski definition) is 3. The van der Waals surface area contributed by atoms with Crippen molar-refractivity contribution >= 4 is 0 Å². The highest BCUT2D eigenvalue weighted by Crippen LogP contribution is 2.33. The molecule has 0 aliphatic heterocycles. The molecule has 20 heavy (non-hydrogen) atoms. The third-order valence-electron chi connectivity index (χ3n) is 3.71. The minimum Gasteiger partial charge on any atom is -0.493 e. The van der Waals surface area contributed by atoms with Crippen LogP contribution in [-0.4, -0.2) is 22.0 Å². The van der Waals surface area contributed by atoms with E-state index in [2.05, 4.69) is 5.10 Å². The summed E-state index contributed by atoms with van der Waals surface area (Å²) in [5.74, 6) is 0.618. The molecule has 0 saturated carbocycles. The van der Waals surface area contributed by atoms with Gasteiger partial charge in [0.05, 0.1) is 13.3 Å². The van der Waals surface area contributed by atoms with Crippen LogP contribution in [0.4, 0.5) is 0 Å². The minimum atomic E-state index is -0.741. The molecule has 0 saturated heterocycles. The van der Waals surface area contributed by atoms with E-state index < -0.39 is 6.10 Å². The first-order chi connectivity index (χ1) is 9.47. The number of aliphatic hydroxyl groups is 1. The molecule has 1 N–H and O–H groups in total. The molecule has 1 aromatic carbocycles. The summed E-state index contributed by atoms with van der Waals surface area (Å²) in [5, 5.41) is 15.1. The van der Waals surface area contributed by atoms with Gasteiger partial charge in [0.2, 0.25) is 0 Å². The fraction of sp³-hybridized carbons (Fsp3) is 0.438. The molecule has 0 bridgehead atoms. The molecule has 0 spiro atoms. The van der Waals surface area contributed by atoms with Crippen molar-refractivity contribution in [1.82, 2.24) is 9.78 Å². The largest absolute Gasteiger partial charge is 0.493 e. The first-order valence-electron chi connectivity index (χ1n) is 6.83. The van der Waals surface area contributed by atoms with Gasteiger partial charge < -0.3 is 9.84 Å². The molecule has 108 valence electrons. The molecule has 1 aromatic heterocycles. The number of rotatable bonds is 4. The second kappa shape index (κ2) is 5.67. The van der Waals surface area contributed by atoms with Crippen LogP contribution in [0.5, 0.6) is 5.75 Å². The molecule has 4 heteroatoms. The van der Waals surface area contributed by atoms with E-state index in [0.29, 0.717) is 11.4 Å². The first kappa shape index (κ1) is 14.6. The molecule has 1 heterocycles. The fourth-order valence-corrected chi connectivity index (χ4v) is 2.40. The lowest BCUT2D eigenvalue weighted by atomic mass is 9.97. The van der Waals surface area contributed by atoms with Crippen LogP contribution in [0.1, 0.15) is 48.4 Å². The van der Waals surface area contributed by atoms with Crippen LogP contribution in [0.2, 0.25) is 0 Å². The van der Waals surface area contributed by atoms with Crippen LogP contribution in [0, 0.1) is 13.8 Å². The molecular weight excluding hydrogens is 252 g/mol. The third kappa shape index (κ3) is 2.43. The van der Waals surface area contributed by atoms with Gasteiger partial charge in [-0.1, -0.05) is 18.2 Å². The van der Waals surface area contributed by atoms with E-state index in [9.17, 15) is 5.11 Å². The minimum absolute atomic E-state index is 0.161. The number of benzene rings is 1. The zero-order chi connectivity index (χ0) is 14.9. The topological polar surface area (TPSA) is 47.3 Å². The van der Waals surface area contributed by atoms with Gasteiger partial charge in [-0.2, -0.15) is 5.10 Å². The van der Waals surface area contributed by atoms with Crippen molar-refractivity contribution in [3.05, 3.63) is 46.8 Å². The molecule has 0 aliphatic carbocycles. The standard InChI is InChI=1S/C16H22N2O2/c1-10(2)18-15(14(20-5)9-17-18)16(19)13-8-6-7-11(3)12(13)4/h6-10,16,19H,1-5H3. The van der Waals surface area contributed by atoms with Crippen LogP contribution >= 0.6 is 0 Å². The molecule has 0 fully saturated rings. The molecule has 2 rings (SSSR count). The van der Waals surface area contributed by atoms with Crippen LogP contribution in [-0.2, 0) is 0 Å². The van der Waals surface area contributed by atoms with Gasteiger partial charge in [-0.3, -0.25) is 4.68 Å². The summed E-state index contributed by atoms with van der Waals surface area (Å²) in [7, 11) is 1.60. The normalized spacial score (nSPS) is 12.8. The van der Waals surface area contributed by atoms with Crippen molar-refractivity contribution < 1.29 is 9.84 Å². The van der Waals surface area contributed by atoms with E-state index in [1.165, 1.54) is 0 Å². The predicted molar refractivity (Wildman–Crippen MR) is 79.1 cm³/mol. The van der Waals surface area contributed by atoms with Crippen molar-refractivity contribution in [1.29, 1.82) is 0 Å². The monoisotopic (exact) mass is 274 g/mol. The summed E-state index contributed by atoms with van der Waals surface area (Å²) in [6.07, 6.45) is 0.915. The van der Waals surface area contributed by atoms with Crippen LogP contribution in [0.3, 0.4) is 0 Å². The Morgan fingerprint density at radius 1 is 1.25 bits per heavy atom. The van der Waals surface area contributed by atoms with Crippen molar-refractivity contribution in [2.75, 3.05) is 7.11 Å². The van der Waals surface area contributed by atoms with Crippen LogP contribution in [0.15, 0.2) is 24.4 Å². The summed E-state index contributed by atoms with van der Waals surface area (Å²) in [6.45, 7) is 8.14. The third-order valence-corrected chi connectivity index (χ3v) is 3.71. The van der Waals surface area contributed by atoms with Gasteiger partial charge in [0.15, 0.2) is 5.75 Å². The number of hydrogen-bond donors (Lipinski definition) is 1. The summed E-state index contributed by atoms with van der Waals surface area (Å²) in [4.78, 5) is 0. The second-order valence-corrected chi connectivity index (χ2v) is 5.33. The zero-order valence-corrected chi connectivity index (χ0v) is 12.7. The Morgan fingerprint density at radius 2 is 1.95 bits per heavy atom. The maximum atomic E-state index is 10.8. The molecule has 4 nitrogen and oxygen atoms in total. The number of nitrogens with zero attached hydrogens (tertiary/aromatic N) is 2. The lowest BCUT2D eigenvalue weighted by Gasteiger charge is -2.19. The predicted octanol–water partition coefficient (Wildman–Crippen LogP) is 3.17. The first-order valence-corrected chi connectivity index (χ1v) is 6.83. The lowest BCUT2D eigenvalue weighted by molar-refractivity contribution is 0.199. The molecular formula is C16H22N2O2. The van der Waals surface area contributed by atoms with Crippen molar-refractivity contribution in [2.24, 2.45) is 0 Å². The zero-order valence-electron chi connectivity index (χ0n) is 12.7. The Bertz CT molecular complexity index is 603. The Morgan fingerprint density at radius 3 is 2.55 bits per heavy atom. The summed E-state index contributed by atoms with van der Waals surface area (Å²) in [5.41, 5.74) is 3.86. The van der Waals surface area contributed by atoms with Crippen molar-refractivity contribution in [3.8, 4) is 5.75 Å². The number of aryl methyl sites for hydroxylation is 1. The average molecular weight is 274 g/mol. The summed E-state index contributed by atoms with van der Waals surface area (Å²) in [6, 6.07) is 6.12. The summed E-state index contributed by atoms with van der Waals surface area (Å²) < 4.78 is 7.16. The van der Waals surface area contributed by atoms with E-state index >= 15 is 0 Å². The molecule has 1 atom stereocenters. The van der Waals surface area contributed by atoms with Gasteiger partial charge in [-0.25, -0.2) is 0 Å². The number of aliphatic hydroxyl groups excluding tert-OH is 1. The van der Waals surface area contributed by atoms with Crippen molar-refractivity contribution in [3.63, 3.8) is 0 Å². The second-order valence-electron chi connectivity index (χ2n) is 5.33. The fourth-order valence-electron chi connectivity index (χ4n) is 2.40. The Hall–Kier alpha value is -1.81. The quantitative estimate of drug-likeness (QED) is 0.931. The highest BCUT2D eigenvalue weighted by molar-refractivity contribution is 5.41. The molecule has 2 aromatic rings. The SMILES string of the molecule is COc1cnn(C(C)C)c1C(O)c1cccc(C)c1C. The smallest absolute Gasteiger partial charge is 0.163 e. The van der Waals surface area contributed by atoms with Crippen LogP contribution in [0.25, 0.3) is 0 Å². The van der Waals surface area contributed by atoms with E-state index in [1.807, 2.05) is 50.6 Å². The maximum Gasteiger partial charge on any atom is 0.163 e. The molecule has 0 amide bonds. The van der Waals surface area contributed by atoms with Crippen LogP contribution < -0.4 is 4.74 Å². The van der Waals surface area contributed by atoms with Gasteiger partial charge in [0.1, 0.15) is 11.8 Å². The summed E-state index contributed by atoms with van der Waals surface area (Å²) >= 11 is 0. The number of ether oxygens (including phenoxy) is 1. The lowest BCUT2D eigenvalue weighted by Crippen LogP contribution is -2.14. The Balaban J connectivity index is 2.55. The van der Waals surface area contributed by atoms with Gasteiger partial charge in [0.25, 0.3) is 0 Å². The molecule has 0 radical (unpaired) electrons. The Kier molecular flexibility index (Phi) is 4.14. The van der Waals surface area contributed by atoms with E-state index in [1.54, 1.807) is 13.3 Å². The highest BCUT2D eigenvalue weighted by atomic mass is 16.5. The van der Waals surface area contributed by atoms with E-state index in [-0.39, 0.29) is 6.04 Å². The highest BCUT2D eigenvalue weighted by Gasteiger charge is 2.24.